The van der Waals surface area contributed by atoms with E-state index in [-0.39, 0.29) is 16.3 Å². The molecule has 0 aliphatic rings. The predicted octanol–water partition coefficient (Wildman–Crippen LogP) is 1.39. The van der Waals surface area contributed by atoms with Crippen LogP contribution in [0.4, 0.5) is 5.82 Å². The van der Waals surface area contributed by atoms with E-state index in [9.17, 15) is 8.42 Å². The Morgan fingerprint density at radius 2 is 2.22 bits per heavy atom. The third-order valence-electron chi connectivity index (χ3n) is 2.30. The van der Waals surface area contributed by atoms with Gasteiger partial charge in [0.25, 0.3) is 10.0 Å². The SMILES string of the molecule is Cc1cccc(S(=O)(=O)Nc2[nH]ncc2C#N)c1. The molecule has 7 heteroatoms. The van der Waals surface area contributed by atoms with Crippen molar-refractivity contribution >= 4 is 15.8 Å². The van der Waals surface area contributed by atoms with Crippen molar-refractivity contribution in [1.82, 2.24) is 10.2 Å². The van der Waals surface area contributed by atoms with Crippen LogP contribution >= 0.6 is 0 Å². The summed E-state index contributed by atoms with van der Waals surface area (Å²) in [6.07, 6.45) is 1.26. The van der Waals surface area contributed by atoms with Crippen molar-refractivity contribution in [3.05, 3.63) is 41.6 Å². The Kier molecular flexibility index (Phi) is 3.04. The van der Waals surface area contributed by atoms with E-state index in [0.29, 0.717) is 0 Å². The zero-order valence-corrected chi connectivity index (χ0v) is 10.3. The fourth-order valence-electron chi connectivity index (χ4n) is 1.42. The summed E-state index contributed by atoms with van der Waals surface area (Å²) in [6.45, 7) is 1.80. The molecule has 0 atom stereocenters. The summed E-state index contributed by atoms with van der Waals surface area (Å²) in [5.74, 6) is 0.0685. The van der Waals surface area contributed by atoms with Gasteiger partial charge in [0.1, 0.15) is 11.6 Å². The molecule has 0 radical (unpaired) electrons. The minimum absolute atomic E-state index is 0.0685. The number of anilines is 1. The molecule has 2 aromatic rings. The van der Waals surface area contributed by atoms with Crippen LogP contribution in [-0.2, 0) is 10.0 Å². The van der Waals surface area contributed by atoms with E-state index in [4.69, 9.17) is 5.26 Å². The molecule has 0 aliphatic carbocycles. The molecule has 0 fully saturated rings. The van der Waals surface area contributed by atoms with Gasteiger partial charge >= 0.3 is 0 Å². The molecule has 1 aromatic carbocycles. The number of nitrogens with one attached hydrogen (secondary N) is 2. The van der Waals surface area contributed by atoms with Crippen molar-refractivity contribution in [3.8, 4) is 6.07 Å². The number of hydrogen-bond acceptors (Lipinski definition) is 4. The predicted molar refractivity (Wildman–Crippen MR) is 65.3 cm³/mol. The molecule has 6 nitrogen and oxygen atoms in total. The fourth-order valence-corrected chi connectivity index (χ4v) is 2.57. The molecule has 0 saturated carbocycles. The van der Waals surface area contributed by atoms with Gasteiger partial charge in [0.2, 0.25) is 0 Å². The summed E-state index contributed by atoms with van der Waals surface area (Å²) in [4.78, 5) is 0.140. The highest BCUT2D eigenvalue weighted by Crippen LogP contribution is 2.17. The monoisotopic (exact) mass is 262 g/mol. The third-order valence-corrected chi connectivity index (χ3v) is 3.64. The van der Waals surface area contributed by atoms with E-state index >= 15 is 0 Å². The second-order valence-electron chi connectivity index (χ2n) is 3.69. The van der Waals surface area contributed by atoms with Crippen LogP contribution in [0.1, 0.15) is 11.1 Å². The first-order valence-corrected chi connectivity index (χ1v) is 6.54. The van der Waals surface area contributed by atoms with Gasteiger partial charge in [0.05, 0.1) is 11.1 Å². The van der Waals surface area contributed by atoms with Crippen LogP contribution in [-0.4, -0.2) is 18.6 Å². The number of aryl methyl sites for hydroxylation is 1. The van der Waals surface area contributed by atoms with Crippen LogP contribution in [0.15, 0.2) is 35.4 Å². The minimum atomic E-state index is -3.71. The molecule has 0 aliphatic heterocycles. The lowest BCUT2D eigenvalue weighted by molar-refractivity contribution is 0.601. The molecule has 92 valence electrons. The zero-order chi connectivity index (χ0) is 13.2. The van der Waals surface area contributed by atoms with Gasteiger partial charge in [0, 0.05) is 0 Å². The lowest BCUT2D eigenvalue weighted by Gasteiger charge is -2.06. The largest absolute Gasteiger partial charge is 0.263 e. The second kappa shape index (κ2) is 4.50. The summed E-state index contributed by atoms with van der Waals surface area (Å²) in [7, 11) is -3.71. The van der Waals surface area contributed by atoms with Crippen molar-refractivity contribution in [3.63, 3.8) is 0 Å². The first-order valence-electron chi connectivity index (χ1n) is 5.06. The van der Waals surface area contributed by atoms with Crippen LogP contribution in [0.2, 0.25) is 0 Å². The summed E-state index contributed by atoms with van der Waals surface area (Å²) in [5.41, 5.74) is 0.981. The third kappa shape index (κ3) is 2.33. The van der Waals surface area contributed by atoms with Gasteiger partial charge in [-0.1, -0.05) is 12.1 Å². The van der Waals surface area contributed by atoms with E-state index in [2.05, 4.69) is 14.9 Å². The number of sulfonamides is 1. The van der Waals surface area contributed by atoms with Gasteiger partial charge in [-0.05, 0) is 24.6 Å². The highest BCUT2D eigenvalue weighted by atomic mass is 32.2. The van der Waals surface area contributed by atoms with Gasteiger partial charge < -0.3 is 0 Å². The molecular formula is C11H10N4O2S. The summed E-state index contributed by atoms with van der Waals surface area (Å²) < 4.78 is 26.4. The topological polar surface area (TPSA) is 98.6 Å². The Balaban J connectivity index is 2.37. The number of nitrogens with zero attached hydrogens (tertiary/aromatic N) is 2. The number of aromatic nitrogens is 2. The first-order chi connectivity index (χ1) is 8.53. The van der Waals surface area contributed by atoms with Gasteiger partial charge in [-0.2, -0.15) is 10.4 Å². The van der Waals surface area contributed by atoms with Gasteiger partial charge in [0.15, 0.2) is 5.82 Å². The quantitative estimate of drug-likeness (QED) is 0.873. The molecule has 1 aromatic heterocycles. The zero-order valence-electron chi connectivity index (χ0n) is 9.51. The number of benzene rings is 1. The van der Waals surface area contributed by atoms with Crippen LogP contribution < -0.4 is 4.72 Å². The van der Waals surface area contributed by atoms with E-state index < -0.39 is 10.0 Å². The molecular weight excluding hydrogens is 252 g/mol. The number of nitriles is 1. The maximum Gasteiger partial charge on any atom is 0.263 e. The van der Waals surface area contributed by atoms with E-state index in [1.54, 1.807) is 25.1 Å². The van der Waals surface area contributed by atoms with Crippen LogP contribution in [0, 0.1) is 18.3 Å². The average Bonchev–Trinajstić information content (AvgIpc) is 2.75. The molecule has 0 saturated heterocycles. The Hall–Kier alpha value is -2.33. The number of H-pyrrole nitrogens is 1. The molecule has 0 bridgehead atoms. The fraction of sp³-hybridized carbons (Fsp3) is 0.0909. The second-order valence-corrected chi connectivity index (χ2v) is 5.37. The van der Waals surface area contributed by atoms with Gasteiger partial charge in [-0.25, -0.2) is 8.42 Å². The molecule has 2 N–H and O–H groups in total. The summed E-state index contributed by atoms with van der Waals surface area (Å²) in [6, 6.07) is 8.33. The highest BCUT2D eigenvalue weighted by molar-refractivity contribution is 7.92. The van der Waals surface area contributed by atoms with Crippen LogP contribution in [0.5, 0.6) is 0 Å². The number of aromatic amines is 1. The lowest BCUT2D eigenvalue weighted by atomic mass is 10.2. The maximum atomic E-state index is 12.1. The van der Waals surface area contributed by atoms with Crippen LogP contribution in [0.25, 0.3) is 0 Å². The Labute approximate surface area is 104 Å². The Morgan fingerprint density at radius 1 is 1.44 bits per heavy atom. The van der Waals surface area contributed by atoms with Crippen molar-refractivity contribution in [2.45, 2.75) is 11.8 Å². The molecule has 1 heterocycles. The molecule has 0 amide bonds. The standard InChI is InChI=1S/C11H10N4O2S/c1-8-3-2-4-10(5-8)18(16,17)15-11-9(6-12)7-13-14-11/h2-5,7H,1H3,(H2,13,14,15). The summed E-state index contributed by atoms with van der Waals surface area (Å²) in [5, 5.41) is 14.8. The lowest BCUT2D eigenvalue weighted by Crippen LogP contribution is -2.14. The minimum Gasteiger partial charge on any atom is -0.263 e. The van der Waals surface area contributed by atoms with E-state index in [0.717, 1.165) is 5.56 Å². The van der Waals surface area contributed by atoms with Crippen molar-refractivity contribution in [2.24, 2.45) is 0 Å². The summed E-state index contributed by atoms with van der Waals surface area (Å²) >= 11 is 0. The molecule has 18 heavy (non-hydrogen) atoms. The number of rotatable bonds is 3. The average molecular weight is 262 g/mol. The normalized spacial score (nSPS) is 10.9. The smallest absolute Gasteiger partial charge is 0.263 e. The molecule has 0 unspecified atom stereocenters. The van der Waals surface area contributed by atoms with E-state index in [1.807, 2.05) is 6.07 Å². The molecule has 2 rings (SSSR count). The van der Waals surface area contributed by atoms with Crippen molar-refractivity contribution in [1.29, 1.82) is 5.26 Å². The highest BCUT2D eigenvalue weighted by Gasteiger charge is 2.17. The number of hydrogen-bond donors (Lipinski definition) is 2. The Bertz CT molecular complexity index is 713. The van der Waals surface area contributed by atoms with Gasteiger partial charge in [-0.15, -0.1) is 0 Å². The van der Waals surface area contributed by atoms with Crippen molar-refractivity contribution in [2.75, 3.05) is 4.72 Å². The Morgan fingerprint density at radius 3 is 2.89 bits per heavy atom. The van der Waals surface area contributed by atoms with Gasteiger partial charge in [-0.3, -0.25) is 9.82 Å². The molecule has 0 spiro atoms. The van der Waals surface area contributed by atoms with E-state index in [1.165, 1.54) is 12.3 Å². The first kappa shape index (κ1) is 12.1. The van der Waals surface area contributed by atoms with Crippen molar-refractivity contribution < 1.29 is 8.42 Å². The maximum absolute atomic E-state index is 12.1. The van der Waals surface area contributed by atoms with Crippen LogP contribution in [0.3, 0.4) is 0 Å².